The van der Waals surface area contributed by atoms with E-state index in [1.807, 2.05) is 31.3 Å². The number of benzene rings is 1. The lowest BCUT2D eigenvalue weighted by Crippen LogP contribution is -2.21. The molecule has 3 heteroatoms. The Morgan fingerprint density at radius 3 is 2.72 bits per heavy atom. The van der Waals surface area contributed by atoms with Crippen molar-refractivity contribution >= 4 is 16.7 Å². The first-order valence-corrected chi connectivity index (χ1v) is 6.35. The van der Waals surface area contributed by atoms with Crippen LogP contribution in [0.4, 0.5) is 5.82 Å². The monoisotopic (exact) mass is 241 g/mol. The number of fused-ring (bicyclic) bond motifs is 1. The molecule has 0 aliphatic heterocycles. The molecule has 1 N–H and O–H groups in total. The molecule has 94 valence electrons. The van der Waals surface area contributed by atoms with Crippen LogP contribution in [0.15, 0.2) is 24.3 Å². The van der Waals surface area contributed by atoms with Crippen LogP contribution >= 0.6 is 0 Å². The van der Waals surface area contributed by atoms with Gasteiger partial charge in [-0.25, -0.2) is 0 Å². The van der Waals surface area contributed by atoms with E-state index in [-0.39, 0.29) is 0 Å². The van der Waals surface area contributed by atoms with Crippen LogP contribution in [-0.4, -0.2) is 18.6 Å². The second-order valence-corrected chi connectivity index (χ2v) is 5.11. The lowest BCUT2D eigenvalue weighted by molar-refractivity contribution is 0.584. The summed E-state index contributed by atoms with van der Waals surface area (Å²) in [5.41, 5.74) is 1.78. The Hall–Kier alpha value is -1.95. The van der Waals surface area contributed by atoms with Gasteiger partial charge in [-0.05, 0) is 18.4 Å². The highest BCUT2D eigenvalue weighted by Crippen LogP contribution is 2.27. The van der Waals surface area contributed by atoms with Crippen molar-refractivity contribution in [1.82, 2.24) is 4.98 Å². The molecule has 0 spiro atoms. The predicted molar refractivity (Wildman–Crippen MR) is 75.7 cm³/mol. The van der Waals surface area contributed by atoms with Crippen LogP contribution < -0.4 is 4.90 Å². The molecular weight excluding hydrogens is 222 g/mol. The summed E-state index contributed by atoms with van der Waals surface area (Å²) in [6, 6.07) is 10.3. The summed E-state index contributed by atoms with van der Waals surface area (Å²) in [4.78, 5) is 5.48. The molecule has 0 atom stereocenters. The molecule has 0 unspecified atom stereocenters. The number of nitriles is 1. The van der Waals surface area contributed by atoms with Gasteiger partial charge >= 0.3 is 0 Å². The van der Waals surface area contributed by atoms with Crippen molar-refractivity contribution in [2.75, 3.05) is 18.5 Å². The summed E-state index contributed by atoms with van der Waals surface area (Å²) in [6.07, 6.45) is 1.12. The van der Waals surface area contributed by atoms with Gasteiger partial charge in [-0.15, -0.1) is 0 Å². The number of hydrogen-bond acceptors (Lipinski definition) is 2. The molecule has 0 fully saturated rings. The van der Waals surface area contributed by atoms with E-state index >= 15 is 0 Å². The standard InChI is InChI=1S/C15H19N3/c1-11(2)8-9-18(3)15-13(10-16)12-6-4-5-7-14(12)17-15/h4-7,11,17H,8-9H2,1-3H3. The van der Waals surface area contributed by atoms with Crippen molar-refractivity contribution in [3.05, 3.63) is 29.8 Å². The molecule has 18 heavy (non-hydrogen) atoms. The third kappa shape index (κ3) is 2.33. The number of para-hydroxylation sites is 1. The van der Waals surface area contributed by atoms with E-state index in [4.69, 9.17) is 0 Å². The largest absolute Gasteiger partial charge is 0.360 e. The molecular formula is C15H19N3. The molecule has 0 radical (unpaired) electrons. The normalized spacial score (nSPS) is 10.8. The van der Waals surface area contributed by atoms with E-state index in [9.17, 15) is 5.26 Å². The van der Waals surface area contributed by atoms with E-state index < -0.39 is 0 Å². The molecule has 1 aromatic carbocycles. The van der Waals surface area contributed by atoms with Crippen molar-refractivity contribution in [2.24, 2.45) is 5.92 Å². The zero-order valence-electron chi connectivity index (χ0n) is 11.2. The van der Waals surface area contributed by atoms with Gasteiger partial charge in [0.2, 0.25) is 0 Å². The van der Waals surface area contributed by atoms with Gasteiger partial charge in [-0.1, -0.05) is 32.0 Å². The van der Waals surface area contributed by atoms with Crippen LogP contribution in [0.3, 0.4) is 0 Å². The van der Waals surface area contributed by atoms with Crippen LogP contribution in [0.2, 0.25) is 0 Å². The molecule has 0 bridgehead atoms. The lowest BCUT2D eigenvalue weighted by Gasteiger charge is -2.19. The molecule has 0 saturated carbocycles. The third-order valence-electron chi connectivity index (χ3n) is 3.22. The third-order valence-corrected chi connectivity index (χ3v) is 3.22. The van der Waals surface area contributed by atoms with Crippen molar-refractivity contribution in [2.45, 2.75) is 20.3 Å². The average molecular weight is 241 g/mol. The first-order chi connectivity index (χ1) is 8.63. The second kappa shape index (κ2) is 5.14. The fourth-order valence-electron chi connectivity index (χ4n) is 2.09. The van der Waals surface area contributed by atoms with Crippen molar-refractivity contribution < 1.29 is 0 Å². The first kappa shape index (κ1) is 12.5. The van der Waals surface area contributed by atoms with Gasteiger partial charge in [0.25, 0.3) is 0 Å². The Labute approximate surface area is 108 Å². The minimum atomic E-state index is 0.669. The fourth-order valence-corrected chi connectivity index (χ4v) is 2.09. The molecule has 0 aliphatic carbocycles. The molecule has 0 saturated heterocycles. The highest BCUT2D eigenvalue weighted by Gasteiger charge is 2.14. The Morgan fingerprint density at radius 1 is 1.33 bits per heavy atom. The van der Waals surface area contributed by atoms with Gasteiger partial charge in [-0.2, -0.15) is 5.26 Å². The molecule has 1 aromatic heterocycles. The Morgan fingerprint density at radius 2 is 2.06 bits per heavy atom. The number of rotatable bonds is 4. The number of nitrogens with one attached hydrogen (secondary N) is 1. The predicted octanol–water partition coefficient (Wildman–Crippen LogP) is 3.52. The maximum atomic E-state index is 9.33. The van der Waals surface area contributed by atoms with Crippen molar-refractivity contribution in [3.8, 4) is 6.07 Å². The summed E-state index contributed by atoms with van der Waals surface area (Å²) in [6.45, 7) is 5.38. The van der Waals surface area contributed by atoms with Crippen LogP contribution in [-0.2, 0) is 0 Å². The molecule has 0 amide bonds. The topological polar surface area (TPSA) is 42.8 Å². The van der Waals surface area contributed by atoms with E-state index in [1.54, 1.807) is 0 Å². The maximum absolute atomic E-state index is 9.33. The minimum Gasteiger partial charge on any atom is -0.360 e. The number of H-pyrrole nitrogens is 1. The Kier molecular flexibility index (Phi) is 3.57. The molecule has 2 rings (SSSR count). The summed E-state index contributed by atoms with van der Waals surface area (Å²) < 4.78 is 0. The molecule has 1 heterocycles. The summed E-state index contributed by atoms with van der Waals surface area (Å²) >= 11 is 0. The van der Waals surface area contributed by atoms with Crippen molar-refractivity contribution in [1.29, 1.82) is 5.26 Å². The van der Waals surface area contributed by atoms with Gasteiger partial charge in [0.1, 0.15) is 17.5 Å². The Bertz CT molecular complexity index is 575. The number of hydrogen-bond donors (Lipinski definition) is 1. The van der Waals surface area contributed by atoms with Crippen LogP contribution in [0.1, 0.15) is 25.8 Å². The number of aromatic nitrogens is 1. The SMILES string of the molecule is CC(C)CCN(C)c1[nH]c2ccccc2c1C#N. The Balaban J connectivity index is 2.35. The fraction of sp³-hybridized carbons (Fsp3) is 0.400. The minimum absolute atomic E-state index is 0.669. The maximum Gasteiger partial charge on any atom is 0.124 e. The van der Waals surface area contributed by atoms with Gasteiger partial charge in [-0.3, -0.25) is 0 Å². The highest BCUT2D eigenvalue weighted by molar-refractivity contribution is 5.91. The molecule has 2 aromatic rings. The van der Waals surface area contributed by atoms with Gasteiger partial charge in [0.05, 0.1) is 0 Å². The van der Waals surface area contributed by atoms with Crippen LogP contribution in [0.5, 0.6) is 0 Å². The average Bonchev–Trinajstić information content (AvgIpc) is 2.74. The quantitative estimate of drug-likeness (QED) is 0.890. The second-order valence-electron chi connectivity index (χ2n) is 5.11. The molecule has 3 nitrogen and oxygen atoms in total. The van der Waals surface area contributed by atoms with E-state index in [0.717, 1.165) is 35.2 Å². The number of aromatic amines is 1. The number of nitrogens with zero attached hydrogens (tertiary/aromatic N) is 2. The van der Waals surface area contributed by atoms with Gasteiger partial charge < -0.3 is 9.88 Å². The highest BCUT2D eigenvalue weighted by atomic mass is 15.2. The van der Waals surface area contributed by atoms with Crippen LogP contribution in [0.25, 0.3) is 10.9 Å². The zero-order valence-corrected chi connectivity index (χ0v) is 11.2. The van der Waals surface area contributed by atoms with Gasteiger partial charge in [0.15, 0.2) is 0 Å². The first-order valence-electron chi connectivity index (χ1n) is 6.35. The van der Waals surface area contributed by atoms with E-state index in [2.05, 4.69) is 29.8 Å². The summed E-state index contributed by atoms with van der Waals surface area (Å²) in [5, 5.41) is 10.3. The summed E-state index contributed by atoms with van der Waals surface area (Å²) in [5.74, 6) is 1.60. The summed E-state index contributed by atoms with van der Waals surface area (Å²) in [7, 11) is 2.04. The zero-order chi connectivity index (χ0) is 13.1. The van der Waals surface area contributed by atoms with E-state index in [1.165, 1.54) is 0 Å². The number of anilines is 1. The molecule has 0 aliphatic rings. The van der Waals surface area contributed by atoms with E-state index in [0.29, 0.717) is 5.92 Å². The smallest absolute Gasteiger partial charge is 0.124 e. The van der Waals surface area contributed by atoms with Crippen molar-refractivity contribution in [3.63, 3.8) is 0 Å². The van der Waals surface area contributed by atoms with Gasteiger partial charge in [0, 0.05) is 24.5 Å². The lowest BCUT2D eigenvalue weighted by atomic mass is 10.1. The van der Waals surface area contributed by atoms with Crippen LogP contribution in [0, 0.1) is 17.2 Å².